The van der Waals surface area contributed by atoms with Gasteiger partial charge in [-0.3, -0.25) is 4.79 Å². The molecule has 244 valence electrons. The quantitative estimate of drug-likeness (QED) is 0.236. The molecule has 0 unspecified atom stereocenters. The lowest BCUT2D eigenvalue weighted by molar-refractivity contribution is -0.160. The molecule has 1 amide bonds. The first-order chi connectivity index (χ1) is 22.3. The van der Waals surface area contributed by atoms with Gasteiger partial charge in [0.2, 0.25) is 0 Å². The summed E-state index contributed by atoms with van der Waals surface area (Å²) in [5, 5.41) is 21.8. The maximum Gasteiger partial charge on any atom is 0.337 e. The van der Waals surface area contributed by atoms with Gasteiger partial charge in [-0.15, -0.1) is 0 Å². The maximum absolute atomic E-state index is 15.6. The van der Waals surface area contributed by atoms with E-state index in [1.54, 1.807) is 27.7 Å². The first-order valence-corrected chi connectivity index (χ1v) is 15.0. The summed E-state index contributed by atoms with van der Waals surface area (Å²) in [4.78, 5) is 34.7. The zero-order valence-electron chi connectivity index (χ0n) is 26.5. The normalized spacial score (nSPS) is 13.7. The highest BCUT2D eigenvalue weighted by Crippen LogP contribution is 2.41. The topological polar surface area (TPSA) is 146 Å². The van der Waals surface area contributed by atoms with Crippen molar-refractivity contribution < 1.29 is 33.0 Å². The van der Waals surface area contributed by atoms with Gasteiger partial charge in [0.05, 0.1) is 23.6 Å². The average molecular weight is 646 g/mol. The largest absolute Gasteiger partial charge is 0.490 e. The fraction of sp³-hybridized carbons (Fsp3) is 0.333. The monoisotopic (exact) mass is 645 g/mol. The van der Waals surface area contributed by atoms with Crippen LogP contribution < -0.4 is 10.1 Å². The smallest absolute Gasteiger partial charge is 0.337 e. The lowest BCUT2D eigenvalue weighted by Gasteiger charge is -2.28. The van der Waals surface area contributed by atoms with Gasteiger partial charge in [-0.05, 0) is 76.8 Å². The minimum atomic E-state index is -1.49. The summed E-state index contributed by atoms with van der Waals surface area (Å²) in [6.07, 6.45) is 2.50. The van der Waals surface area contributed by atoms with Crippen LogP contribution in [0.25, 0.3) is 22.6 Å². The molecule has 12 nitrogen and oxygen atoms in total. The molecule has 0 saturated heterocycles. The lowest BCUT2D eigenvalue weighted by Crippen LogP contribution is -2.29. The number of hydrogen-bond acceptors (Lipinski definition) is 8. The number of carboxylic acid groups (broad SMARTS) is 1. The Morgan fingerprint density at radius 2 is 1.96 bits per heavy atom. The van der Waals surface area contributed by atoms with Crippen molar-refractivity contribution in [1.82, 2.24) is 34.7 Å². The number of rotatable bonds is 8. The van der Waals surface area contributed by atoms with Gasteiger partial charge in [-0.2, -0.15) is 10.2 Å². The van der Waals surface area contributed by atoms with E-state index in [4.69, 9.17) is 9.47 Å². The van der Waals surface area contributed by atoms with Gasteiger partial charge in [0.15, 0.2) is 29.0 Å². The fourth-order valence-electron chi connectivity index (χ4n) is 5.81. The van der Waals surface area contributed by atoms with Crippen molar-refractivity contribution in [3.63, 3.8) is 0 Å². The minimum Gasteiger partial charge on any atom is -0.490 e. The SMILES string of the molecule is Cc1nc2cc(C(=O)NCc3ccc(F)cc3-n3cncn3)nn2c(-c2cc(F)c3c(c2C)CCCO3)c1[C@H](OC(C)(C)C)C(=O)O. The van der Waals surface area contributed by atoms with Gasteiger partial charge in [0.1, 0.15) is 18.5 Å². The van der Waals surface area contributed by atoms with Crippen LogP contribution in [0.2, 0.25) is 0 Å². The van der Waals surface area contributed by atoms with E-state index in [1.807, 2.05) is 6.92 Å². The maximum atomic E-state index is 15.6. The average Bonchev–Trinajstić information content (AvgIpc) is 3.71. The van der Waals surface area contributed by atoms with Crippen molar-refractivity contribution in [2.45, 2.75) is 65.7 Å². The Kier molecular flexibility index (Phi) is 8.22. The highest BCUT2D eigenvalue weighted by Gasteiger charge is 2.35. The van der Waals surface area contributed by atoms with E-state index in [9.17, 15) is 19.1 Å². The summed E-state index contributed by atoms with van der Waals surface area (Å²) in [5.41, 5.74) is 2.78. The second kappa shape index (κ2) is 12.2. The molecular formula is C33H33F2N7O5. The van der Waals surface area contributed by atoms with Crippen LogP contribution in [0.15, 0.2) is 43.0 Å². The standard InChI is InChI=1S/C33H33F2N7O5/c1-17-21-7-6-10-46-29(21)23(35)12-22(17)28-27(30(32(44)45)47-33(3,4)5)18(2)39-26-13-24(40-42(26)28)31(43)37-14-19-8-9-20(34)11-25(19)41-16-36-15-38-41/h8-9,11-13,15-16,30H,6-7,10,14H2,1-5H3,(H,37,43)(H,44,45)/t30-/m0/s1. The van der Waals surface area contributed by atoms with E-state index in [2.05, 4.69) is 25.5 Å². The number of aliphatic carboxylic acids is 1. The first kappa shape index (κ1) is 31.7. The van der Waals surface area contributed by atoms with Crippen LogP contribution in [0.1, 0.15) is 71.7 Å². The molecule has 0 saturated carbocycles. The van der Waals surface area contributed by atoms with Gasteiger partial charge in [-0.25, -0.2) is 32.7 Å². The predicted molar refractivity (Wildman–Crippen MR) is 165 cm³/mol. The molecule has 0 fully saturated rings. The van der Waals surface area contributed by atoms with Gasteiger partial charge >= 0.3 is 5.97 Å². The van der Waals surface area contributed by atoms with E-state index in [1.165, 1.54) is 52.2 Å². The molecule has 2 N–H and O–H groups in total. The van der Waals surface area contributed by atoms with Gasteiger partial charge < -0.3 is 19.9 Å². The number of ether oxygens (including phenoxy) is 2. The molecule has 0 radical (unpaired) electrons. The number of fused-ring (bicyclic) bond motifs is 2. The lowest BCUT2D eigenvalue weighted by atomic mass is 9.91. The van der Waals surface area contributed by atoms with Gasteiger partial charge in [0, 0.05) is 35.0 Å². The number of halogens is 2. The van der Waals surface area contributed by atoms with Crippen LogP contribution in [0.4, 0.5) is 8.78 Å². The molecule has 1 aliphatic heterocycles. The molecule has 6 rings (SSSR count). The predicted octanol–water partition coefficient (Wildman–Crippen LogP) is 5.07. The Morgan fingerprint density at radius 3 is 2.66 bits per heavy atom. The molecule has 1 aliphatic rings. The van der Waals surface area contributed by atoms with Crippen molar-refractivity contribution in [3.8, 4) is 22.7 Å². The zero-order chi connectivity index (χ0) is 33.6. The Hall–Kier alpha value is -5.24. The number of nitrogens with one attached hydrogen (secondary N) is 1. The molecule has 5 aromatic rings. The number of hydrogen-bond donors (Lipinski definition) is 2. The number of aromatic nitrogens is 6. The van der Waals surface area contributed by atoms with Crippen LogP contribution >= 0.6 is 0 Å². The van der Waals surface area contributed by atoms with Crippen molar-refractivity contribution in [3.05, 3.63) is 88.3 Å². The number of carbonyl (C=O) groups is 2. The second-order valence-corrected chi connectivity index (χ2v) is 12.3. The Bertz CT molecular complexity index is 2020. The third kappa shape index (κ3) is 6.15. The van der Waals surface area contributed by atoms with Gasteiger partial charge in [-0.1, -0.05) is 6.07 Å². The zero-order valence-corrected chi connectivity index (χ0v) is 26.5. The molecule has 0 spiro atoms. The van der Waals surface area contributed by atoms with Gasteiger partial charge in [0.25, 0.3) is 5.91 Å². The summed E-state index contributed by atoms with van der Waals surface area (Å²) in [6, 6.07) is 6.85. The van der Waals surface area contributed by atoms with E-state index >= 15 is 4.39 Å². The molecule has 14 heteroatoms. The highest BCUT2D eigenvalue weighted by atomic mass is 19.1. The molecular weight excluding hydrogens is 612 g/mol. The summed E-state index contributed by atoms with van der Waals surface area (Å²) in [7, 11) is 0. The number of amides is 1. The highest BCUT2D eigenvalue weighted by molar-refractivity contribution is 5.93. The number of carboxylic acids is 1. The molecule has 0 bridgehead atoms. The molecule has 47 heavy (non-hydrogen) atoms. The van der Waals surface area contributed by atoms with E-state index in [0.717, 1.165) is 0 Å². The summed E-state index contributed by atoms with van der Waals surface area (Å²) in [6.45, 7) is 9.05. The van der Waals surface area contributed by atoms with Crippen molar-refractivity contribution >= 4 is 17.5 Å². The van der Waals surface area contributed by atoms with Crippen LogP contribution in [0.3, 0.4) is 0 Å². The summed E-state index contributed by atoms with van der Waals surface area (Å²) >= 11 is 0. The van der Waals surface area contributed by atoms with E-state index in [0.29, 0.717) is 53.1 Å². The third-order valence-corrected chi connectivity index (χ3v) is 7.86. The van der Waals surface area contributed by atoms with E-state index < -0.39 is 35.2 Å². The summed E-state index contributed by atoms with van der Waals surface area (Å²) < 4.78 is 44.1. The first-order valence-electron chi connectivity index (χ1n) is 15.0. The number of nitrogens with zero attached hydrogens (tertiary/aromatic N) is 6. The third-order valence-electron chi connectivity index (χ3n) is 7.86. The van der Waals surface area contributed by atoms with Crippen LogP contribution in [0, 0.1) is 25.5 Å². The minimum absolute atomic E-state index is 0.00238. The molecule has 3 aromatic heterocycles. The van der Waals surface area contributed by atoms with E-state index in [-0.39, 0.29) is 34.9 Å². The van der Waals surface area contributed by atoms with Crippen LogP contribution in [-0.4, -0.2) is 58.6 Å². The Labute approximate surface area is 268 Å². The van der Waals surface area contributed by atoms with Crippen molar-refractivity contribution in [2.24, 2.45) is 0 Å². The Balaban J connectivity index is 1.48. The van der Waals surface area contributed by atoms with Crippen LogP contribution in [-0.2, 0) is 22.5 Å². The van der Waals surface area contributed by atoms with Crippen molar-refractivity contribution in [2.75, 3.05) is 6.61 Å². The summed E-state index contributed by atoms with van der Waals surface area (Å²) in [5.74, 6) is -2.74. The number of aryl methyl sites for hydroxylation is 1. The van der Waals surface area contributed by atoms with Crippen molar-refractivity contribution in [1.29, 1.82) is 0 Å². The second-order valence-electron chi connectivity index (χ2n) is 12.3. The Morgan fingerprint density at radius 1 is 1.17 bits per heavy atom. The van der Waals surface area contributed by atoms with Crippen LogP contribution in [0.5, 0.6) is 5.75 Å². The number of carbonyl (C=O) groups excluding carboxylic acids is 1. The molecule has 1 atom stereocenters. The molecule has 0 aliphatic carbocycles. The number of benzene rings is 2. The fourth-order valence-corrected chi connectivity index (χ4v) is 5.81. The molecule has 4 heterocycles. The molecule has 2 aromatic carbocycles.